The van der Waals surface area contributed by atoms with Gasteiger partial charge < -0.3 is 4.90 Å². The van der Waals surface area contributed by atoms with Crippen LogP contribution in [0.25, 0.3) is 0 Å². The fourth-order valence-corrected chi connectivity index (χ4v) is 3.11. The summed E-state index contributed by atoms with van der Waals surface area (Å²) in [4.78, 5) is 23.0. The Hall–Kier alpha value is -2.24. The van der Waals surface area contributed by atoms with Gasteiger partial charge in [0.05, 0.1) is 23.0 Å². The summed E-state index contributed by atoms with van der Waals surface area (Å²) in [7, 11) is 0. The number of amides is 1. The molecule has 2 aromatic rings. The van der Waals surface area contributed by atoms with E-state index in [1.54, 1.807) is 6.20 Å². The zero-order valence-electron chi connectivity index (χ0n) is 13.5. The average Bonchev–Trinajstić information content (AvgIpc) is 3.04. The molecule has 1 fully saturated rings. The monoisotopic (exact) mass is 299 g/mol. The molecular weight excluding hydrogens is 278 g/mol. The fourth-order valence-electron chi connectivity index (χ4n) is 3.11. The number of hydrogen-bond donors (Lipinski definition) is 0. The number of likely N-dealkylation sites (tertiary alicyclic amines) is 1. The molecule has 1 amide bonds. The highest BCUT2D eigenvalue weighted by Gasteiger charge is 2.30. The van der Waals surface area contributed by atoms with E-state index >= 15 is 0 Å². The smallest absolute Gasteiger partial charge is 0.257 e. The standard InChI is InChI=1S/C16H21N5O/c1-10-7-11(2)21(19-10)14-5-6-20(9-14)16(22)15-8-17-13(4)18-12(15)3/h7-8,14H,5-6,9H2,1-4H3. The molecular formula is C16H21N5O. The quantitative estimate of drug-likeness (QED) is 0.850. The molecule has 0 aliphatic carbocycles. The fraction of sp³-hybridized carbons (Fsp3) is 0.500. The number of nitrogens with zero attached hydrogens (tertiary/aromatic N) is 5. The van der Waals surface area contributed by atoms with Crippen LogP contribution in [0.15, 0.2) is 12.3 Å². The van der Waals surface area contributed by atoms with Crippen LogP contribution >= 0.6 is 0 Å². The summed E-state index contributed by atoms with van der Waals surface area (Å²) < 4.78 is 2.04. The largest absolute Gasteiger partial charge is 0.336 e. The second-order valence-corrected chi connectivity index (χ2v) is 5.98. The van der Waals surface area contributed by atoms with Gasteiger partial charge in [0.25, 0.3) is 5.91 Å². The summed E-state index contributed by atoms with van der Waals surface area (Å²) in [6, 6.07) is 2.33. The molecule has 1 atom stereocenters. The van der Waals surface area contributed by atoms with Crippen LogP contribution in [0.2, 0.25) is 0 Å². The Morgan fingerprint density at radius 3 is 2.68 bits per heavy atom. The minimum Gasteiger partial charge on any atom is -0.336 e. The Kier molecular flexibility index (Phi) is 3.68. The third kappa shape index (κ3) is 2.61. The zero-order chi connectivity index (χ0) is 15.9. The van der Waals surface area contributed by atoms with Crippen molar-refractivity contribution >= 4 is 5.91 Å². The number of carbonyl (C=O) groups is 1. The van der Waals surface area contributed by atoms with Gasteiger partial charge in [0, 0.05) is 25.0 Å². The lowest BCUT2D eigenvalue weighted by atomic mass is 10.2. The molecule has 1 aliphatic rings. The molecule has 0 N–H and O–H groups in total. The van der Waals surface area contributed by atoms with Crippen molar-refractivity contribution in [2.24, 2.45) is 0 Å². The van der Waals surface area contributed by atoms with Crippen LogP contribution in [0.3, 0.4) is 0 Å². The van der Waals surface area contributed by atoms with Crippen LogP contribution in [0.4, 0.5) is 0 Å². The van der Waals surface area contributed by atoms with Crippen molar-refractivity contribution in [2.45, 2.75) is 40.2 Å². The van der Waals surface area contributed by atoms with E-state index < -0.39 is 0 Å². The molecule has 1 aliphatic heterocycles. The summed E-state index contributed by atoms with van der Waals surface area (Å²) in [6.45, 7) is 9.17. The van der Waals surface area contributed by atoms with E-state index in [0.29, 0.717) is 17.9 Å². The van der Waals surface area contributed by atoms with Crippen molar-refractivity contribution in [2.75, 3.05) is 13.1 Å². The first kappa shape index (κ1) is 14.7. The Bertz CT molecular complexity index is 721. The van der Waals surface area contributed by atoms with E-state index in [1.165, 1.54) is 0 Å². The maximum atomic E-state index is 12.7. The van der Waals surface area contributed by atoms with Gasteiger partial charge in [-0.2, -0.15) is 5.10 Å². The Morgan fingerprint density at radius 1 is 1.27 bits per heavy atom. The molecule has 6 nitrogen and oxygen atoms in total. The minimum atomic E-state index is 0.0153. The highest BCUT2D eigenvalue weighted by Crippen LogP contribution is 2.24. The summed E-state index contributed by atoms with van der Waals surface area (Å²) in [5.74, 6) is 0.706. The molecule has 1 unspecified atom stereocenters. The molecule has 6 heteroatoms. The van der Waals surface area contributed by atoms with Crippen LogP contribution in [-0.4, -0.2) is 43.6 Å². The first-order valence-corrected chi connectivity index (χ1v) is 7.58. The van der Waals surface area contributed by atoms with E-state index in [1.807, 2.05) is 30.4 Å². The summed E-state index contributed by atoms with van der Waals surface area (Å²) in [5.41, 5.74) is 3.50. The SMILES string of the molecule is Cc1cc(C)n(C2CCN(C(=O)c3cnc(C)nc3C)C2)n1. The van der Waals surface area contributed by atoms with Crippen molar-refractivity contribution in [1.29, 1.82) is 0 Å². The van der Waals surface area contributed by atoms with Crippen LogP contribution < -0.4 is 0 Å². The van der Waals surface area contributed by atoms with E-state index in [0.717, 1.165) is 30.0 Å². The van der Waals surface area contributed by atoms with Crippen LogP contribution in [0.5, 0.6) is 0 Å². The predicted octanol–water partition coefficient (Wildman–Crippen LogP) is 1.99. The molecule has 0 aromatic carbocycles. The van der Waals surface area contributed by atoms with Crippen molar-refractivity contribution in [1.82, 2.24) is 24.6 Å². The lowest BCUT2D eigenvalue weighted by Gasteiger charge is -2.18. The van der Waals surface area contributed by atoms with E-state index in [2.05, 4.69) is 28.1 Å². The van der Waals surface area contributed by atoms with Gasteiger partial charge in [-0.3, -0.25) is 9.48 Å². The van der Waals surface area contributed by atoms with Gasteiger partial charge in [-0.15, -0.1) is 0 Å². The van der Waals surface area contributed by atoms with Gasteiger partial charge in [0.2, 0.25) is 0 Å². The first-order valence-electron chi connectivity index (χ1n) is 7.58. The molecule has 22 heavy (non-hydrogen) atoms. The molecule has 0 saturated carbocycles. The van der Waals surface area contributed by atoms with Crippen LogP contribution in [0.1, 0.15) is 45.7 Å². The topological polar surface area (TPSA) is 63.9 Å². The van der Waals surface area contributed by atoms with Crippen molar-refractivity contribution in [3.63, 3.8) is 0 Å². The van der Waals surface area contributed by atoms with Crippen LogP contribution in [0, 0.1) is 27.7 Å². The average molecular weight is 299 g/mol. The normalized spacial score (nSPS) is 18.0. The highest BCUT2D eigenvalue weighted by molar-refractivity contribution is 5.95. The van der Waals surface area contributed by atoms with Crippen molar-refractivity contribution < 1.29 is 4.79 Å². The molecule has 3 heterocycles. The Morgan fingerprint density at radius 2 is 2.05 bits per heavy atom. The molecule has 116 valence electrons. The van der Waals surface area contributed by atoms with E-state index in [4.69, 9.17) is 0 Å². The van der Waals surface area contributed by atoms with Gasteiger partial charge in [0.1, 0.15) is 5.82 Å². The van der Waals surface area contributed by atoms with Gasteiger partial charge in [-0.05, 0) is 40.2 Å². The van der Waals surface area contributed by atoms with Crippen molar-refractivity contribution in [3.05, 3.63) is 40.7 Å². The predicted molar refractivity (Wildman–Crippen MR) is 82.8 cm³/mol. The van der Waals surface area contributed by atoms with Crippen molar-refractivity contribution in [3.8, 4) is 0 Å². The van der Waals surface area contributed by atoms with Crippen LogP contribution in [-0.2, 0) is 0 Å². The van der Waals surface area contributed by atoms with Gasteiger partial charge >= 0.3 is 0 Å². The summed E-state index contributed by atoms with van der Waals surface area (Å²) in [6.07, 6.45) is 2.57. The third-order valence-corrected chi connectivity index (χ3v) is 4.17. The Labute approximate surface area is 130 Å². The molecule has 0 radical (unpaired) electrons. The number of hydrogen-bond acceptors (Lipinski definition) is 4. The zero-order valence-corrected chi connectivity index (χ0v) is 13.5. The summed E-state index contributed by atoms with van der Waals surface area (Å²) >= 11 is 0. The van der Waals surface area contributed by atoms with Gasteiger partial charge in [-0.1, -0.05) is 0 Å². The minimum absolute atomic E-state index is 0.0153. The first-order chi connectivity index (χ1) is 10.5. The van der Waals surface area contributed by atoms with Gasteiger partial charge in [-0.25, -0.2) is 9.97 Å². The lowest BCUT2D eigenvalue weighted by Crippen LogP contribution is -2.30. The number of rotatable bonds is 2. The maximum Gasteiger partial charge on any atom is 0.257 e. The third-order valence-electron chi connectivity index (χ3n) is 4.17. The molecule has 0 spiro atoms. The summed E-state index contributed by atoms with van der Waals surface area (Å²) in [5, 5.41) is 4.54. The second kappa shape index (κ2) is 5.51. The van der Waals surface area contributed by atoms with E-state index in [9.17, 15) is 4.79 Å². The Balaban J connectivity index is 1.77. The van der Waals surface area contributed by atoms with Gasteiger partial charge in [0.15, 0.2) is 0 Å². The number of carbonyl (C=O) groups excluding carboxylic acids is 1. The highest BCUT2D eigenvalue weighted by atomic mass is 16.2. The maximum absolute atomic E-state index is 12.7. The number of aryl methyl sites for hydroxylation is 4. The molecule has 2 aromatic heterocycles. The molecule has 3 rings (SSSR count). The lowest BCUT2D eigenvalue weighted by molar-refractivity contribution is 0.0785. The number of aromatic nitrogens is 4. The molecule has 0 bridgehead atoms. The molecule has 1 saturated heterocycles. The van der Waals surface area contributed by atoms with E-state index in [-0.39, 0.29) is 11.9 Å². The second-order valence-electron chi connectivity index (χ2n) is 5.98.